The van der Waals surface area contributed by atoms with Gasteiger partial charge in [0.25, 0.3) is 0 Å². The van der Waals surface area contributed by atoms with E-state index in [4.69, 9.17) is 22.9 Å². The van der Waals surface area contributed by atoms with Crippen molar-refractivity contribution < 1.29 is 19.2 Å². The topological polar surface area (TPSA) is 172 Å². The van der Waals surface area contributed by atoms with Crippen LogP contribution < -0.4 is 22.9 Å². The molecular weight excluding hydrogens is 312 g/mol. The maximum atomic E-state index is 10.6. The largest absolute Gasteiger partial charge is 0.366 e. The van der Waals surface area contributed by atoms with Crippen molar-refractivity contribution in [3.8, 4) is 0 Å². The lowest BCUT2D eigenvalue weighted by Crippen LogP contribution is -2.12. The minimum atomic E-state index is -0.502. The van der Waals surface area contributed by atoms with Crippen molar-refractivity contribution in [1.82, 2.24) is 0 Å². The molecule has 0 aliphatic rings. The summed E-state index contributed by atoms with van der Waals surface area (Å²) in [5.74, 6) is -1.91. The van der Waals surface area contributed by atoms with Crippen LogP contribution in [0.1, 0.15) is 26.7 Å². The first-order valence-corrected chi connectivity index (χ1v) is 6.93. The molecule has 8 N–H and O–H groups in total. The summed E-state index contributed by atoms with van der Waals surface area (Å²) in [6, 6.07) is 0. The van der Waals surface area contributed by atoms with Crippen LogP contribution in [-0.4, -0.2) is 23.6 Å². The van der Waals surface area contributed by atoms with E-state index in [0.29, 0.717) is 24.0 Å². The summed E-state index contributed by atoms with van der Waals surface area (Å²) in [6.45, 7) is 3.24. The minimum Gasteiger partial charge on any atom is -0.366 e. The highest BCUT2D eigenvalue weighted by atomic mass is 16.2. The molecule has 0 rings (SSSR count). The first-order valence-electron chi connectivity index (χ1n) is 6.93. The van der Waals surface area contributed by atoms with Gasteiger partial charge in [-0.1, -0.05) is 24.3 Å². The van der Waals surface area contributed by atoms with E-state index in [9.17, 15) is 19.2 Å². The molecule has 0 spiro atoms. The van der Waals surface area contributed by atoms with Crippen molar-refractivity contribution in [2.75, 3.05) is 0 Å². The van der Waals surface area contributed by atoms with E-state index < -0.39 is 23.6 Å². The van der Waals surface area contributed by atoms with Gasteiger partial charge in [-0.3, -0.25) is 19.2 Å². The lowest BCUT2D eigenvalue weighted by atomic mass is 10.2. The third kappa shape index (κ3) is 16.9. The monoisotopic (exact) mass is 336 g/mol. The van der Waals surface area contributed by atoms with Gasteiger partial charge in [0.1, 0.15) is 0 Å². The Morgan fingerprint density at radius 3 is 1.25 bits per heavy atom. The van der Waals surface area contributed by atoms with Crippen LogP contribution in [-0.2, 0) is 19.2 Å². The zero-order valence-electron chi connectivity index (χ0n) is 13.8. The number of carbonyl (C=O) groups is 4. The van der Waals surface area contributed by atoms with Gasteiger partial charge < -0.3 is 22.9 Å². The Kier molecular flexibility index (Phi) is 13.0. The molecule has 0 fully saturated rings. The number of rotatable bonds is 8. The van der Waals surface area contributed by atoms with Crippen LogP contribution >= 0.6 is 0 Å². The lowest BCUT2D eigenvalue weighted by Gasteiger charge is -1.93. The standard InChI is InChI=1S/C9H14N2O2.C7H10N2O2/c1-6(8(10)12)4-3-5-7(2)9(11)13;8-6(10)4-2-1-3-5-7(9)11/h4-5H,3H2,1-2H3,(H2,10,12)(H2,11,13);2-5H,1H2,(H2,8,10)(H2,9,11). The fraction of sp³-hybridized carbons (Fsp3) is 0.250. The number of primary amides is 4. The number of nitrogens with two attached hydrogens (primary N) is 4. The summed E-state index contributed by atoms with van der Waals surface area (Å²) in [4.78, 5) is 41.3. The SMILES string of the molecule is CC(=CCC=C(C)C(N)=O)C(N)=O.NC(=O)C=CCC=CC(N)=O. The molecule has 8 heteroatoms. The number of hydrogen-bond donors (Lipinski definition) is 4. The van der Waals surface area contributed by atoms with E-state index in [1.807, 2.05) is 0 Å². The Morgan fingerprint density at radius 2 is 1.00 bits per heavy atom. The average Bonchev–Trinajstić information content (AvgIpc) is 2.46. The van der Waals surface area contributed by atoms with Crippen LogP contribution in [0.3, 0.4) is 0 Å². The molecular formula is C16H24N4O4. The number of carbonyl (C=O) groups excluding carboxylic acids is 4. The van der Waals surface area contributed by atoms with E-state index in [2.05, 4.69) is 0 Å². The molecule has 8 nitrogen and oxygen atoms in total. The summed E-state index contributed by atoms with van der Waals surface area (Å²) in [5, 5.41) is 0. The average molecular weight is 336 g/mol. The molecule has 0 saturated carbocycles. The smallest absolute Gasteiger partial charge is 0.244 e. The van der Waals surface area contributed by atoms with Crippen LogP contribution in [0.5, 0.6) is 0 Å². The fourth-order valence-corrected chi connectivity index (χ4v) is 1.06. The highest BCUT2D eigenvalue weighted by molar-refractivity contribution is 5.92. The van der Waals surface area contributed by atoms with Crippen molar-refractivity contribution >= 4 is 23.6 Å². The summed E-state index contributed by atoms with van der Waals surface area (Å²) in [6.07, 6.45) is 9.80. The molecule has 0 aliphatic carbocycles. The molecule has 0 atom stereocenters. The molecule has 0 heterocycles. The van der Waals surface area contributed by atoms with Gasteiger partial charge in [0.05, 0.1) is 0 Å². The van der Waals surface area contributed by atoms with Crippen LogP contribution in [0.4, 0.5) is 0 Å². The van der Waals surface area contributed by atoms with Gasteiger partial charge in [-0.15, -0.1) is 0 Å². The predicted molar refractivity (Wildman–Crippen MR) is 91.8 cm³/mol. The molecule has 0 aromatic heterocycles. The summed E-state index contributed by atoms with van der Waals surface area (Å²) in [5.41, 5.74) is 20.5. The highest BCUT2D eigenvalue weighted by Crippen LogP contribution is 1.98. The Bertz CT molecular complexity index is 537. The van der Waals surface area contributed by atoms with Crippen molar-refractivity contribution in [3.63, 3.8) is 0 Å². The minimum absolute atomic E-state index is 0.454. The van der Waals surface area contributed by atoms with Crippen LogP contribution in [0, 0.1) is 0 Å². The van der Waals surface area contributed by atoms with E-state index in [1.165, 1.54) is 12.2 Å². The number of allylic oxidation sites excluding steroid dienone is 4. The summed E-state index contributed by atoms with van der Waals surface area (Å²) in [7, 11) is 0. The van der Waals surface area contributed by atoms with Gasteiger partial charge in [0, 0.05) is 11.1 Å². The Labute approximate surface area is 140 Å². The van der Waals surface area contributed by atoms with Crippen molar-refractivity contribution in [2.24, 2.45) is 22.9 Å². The third-order valence-electron chi connectivity index (χ3n) is 2.46. The molecule has 132 valence electrons. The zero-order chi connectivity index (χ0) is 19.1. The van der Waals surface area contributed by atoms with E-state index in [-0.39, 0.29) is 0 Å². The Balaban J connectivity index is 0. The van der Waals surface area contributed by atoms with Crippen LogP contribution in [0.15, 0.2) is 47.6 Å². The van der Waals surface area contributed by atoms with Gasteiger partial charge >= 0.3 is 0 Å². The highest BCUT2D eigenvalue weighted by Gasteiger charge is 1.96. The second-order valence-electron chi connectivity index (χ2n) is 4.58. The molecule has 0 saturated heterocycles. The van der Waals surface area contributed by atoms with E-state index in [1.54, 1.807) is 38.2 Å². The maximum Gasteiger partial charge on any atom is 0.244 e. The predicted octanol–water partition coefficient (Wildman–Crippen LogP) is -0.301. The van der Waals surface area contributed by atoms with Crippen molar-refractivity contribution in [1.29, 1.82) is 0 Å². The molecule has 4 amide bonds. The summed E-state index contributed by atoms with van der Waals surface area (Å²) < 4.78 is 0. The quantitative estimate of drug-likeness (QED) is 0.446. The second-order valence-corrected chi connectivity index (χ2v) is 4.58. The molecule has 0 aliphatic heterocycles. The first kappa shape index (κ1) is 23.1. The molecule has 0 radical (unpaired) electrons. The zero-order valence-corrected chi connectivity index (χ0v) is 13.8. The maximum absolute atomic E-state index is 10.6. The molecule has 0 unspecified atom stereocenters. The summed E-state index contributed by atoms with van der Waals surface area (Å²) >= 11 is 0. The molecule has 0 aromatic carbocycles. The van der Waals surface area contributed by atoms with Gasteiger partial charge in [-0.05, 0) is 38.8 Å². The third-order valence-corrected chi connectivity index (χ3v) is 2.46. The number of hydrogen-bond acceptors (Lipinski definition) is 4. The second kappa shape index (κ2) is 13.5. The van der Waals surface area contributed by atoms with Crippen molar-refractivity contribution in [3.05, 3.63) is 47.6 Å². The molecule has 24 heavy (non-hydrogen) atoms. The fourth-order valence-electron chi connectivity index (χ4n) is 1.06. The van der Waals surface area contributed by atoms with Crippen LogP contribution in [0.25, 0.3) is 0 Å². The van der Waals surface area contributed by atoms with Gasteiger partial charge in [0.2, 0.25) is 23.6 Å². The normalized spacial score (nSPS) is 11.9. The van der Waals surface area contributed by atoms with Gasteiger partial charge in [-0.2, -0.15) is 0 Å². The van der Waals surface area contributed by atoms with E-state index >= 15 is 0 Å². The van der Waals surface area contributed by atoms with E-state index in [0.717, 1.165) is 0 Å². The Hall–Kier alpha value is -3.16. The molecule has 0 bridgehead atoms. The lowest BCUT2D eigenvalue weighted by molar-refractivity contribution is -0.115. The van der Waals surface area contributed by atoms with Gasteiger partial charge in [-0.25, -0.2) is 0 Å². The first-order chi connectivity index (χ1) is 11.1. The van der Waals surface area contributed by atoms with Gasteiger partial charge in [0.15, 0.2) is 0 Å². The Morgan fingerprint density at radius 1 is 0.667 bits per heavy atom. The van der Waals surface area contributed by atoms with Crippen molar-refractivity contribution in [2.45, 2.75) is 26.7 Å². The van der Waals surface area contributed by atoms with Crippen LogP contribution in [0.2, 0.25) is 0 Å². The number of amides is 4. The molecule has 0 aromatic rings.